The van der Waals surface area contributed by atoms with E-state index >= 15 is 0 Å². The summed E-state index contributed by atoms with van der Waals surface area (Å²) < 4.78 is 2.39. The highest BCUT2D eigenvalue weighted by Crippen LogP contribution is 2.64. The Morgan fingerprint density at radius 2 is 0.873 bits per heavy atom. The molecule has 0 saturated heterocycles. The average Bonchev–Trinajstić information content (AvgIpc) is 3.94. The number of benzene rings is 12. The van der Waals surface area contributed by atoms with Crippen LogP contribution in [0.25, 0.3) is 93.5 Å². The molecule has 2 nitrogen and oxygen atoms in total. The van der Waals surface area contributed by atoms with Crippen molar-refractivity contribution in [3.8, 4) is 50.2 Å². The van der Waals surface area contributed by atoms with Gasteiger partial charge in [-0.25, -0.2) is 0 Å². The lowest BCUT2D eigenvalue weighted by molar-refractivity contribution is 0.775. The fraction of sp³-hybridized carbons (Fsp3) is 0.0145. The van der Waals surface area contributed by atoms with Gasteiger partial charge in [0.05, 0.1) is 22.1 Å². The summed E-state index contributed by atoms with van der Waals surface area (Å²) in [6, 6.07) is 99.3. The Bertz CT molecular complexity index is 4290. The minimum absolute atomic E-state index is 0.580. The van der Waals surface area contributed by atoms with Gasteiger partial charge in [-0.05, 0) is 143 Å². The number of rotatable bonds is 6. The monoisotopic (exact) mass is 900 g/mol. The van der Waals surface area contributed by atoms with E-state index in [9.17, 15) is 0 Å². The predicted molar refractivity (Wildman–Crippen MR) is 298 cm³/mol. The van der Waals surface area contributed by atoms with Gasteiger partial charge in [-0.1, -0.05) is 206 Å². The van der Waals surface area contributed by atoms with Gasteiger partial charge in [0.2, 0.25) is 0 Å². The van der Waals surface area contributed by atoms with Gasteiger partial charge in [-0.2, -0.15) is 0 Å². The van der Waals surface area contributed by atoms with Gasteiger partial charge in [-0.3, -0.25) is 0 Å². The molecule has 0 fully saturated rings. The normalized spacial score (nSPS) is 14.3. The van der Waals surface area contributed by atoms with Crippen LogP contribution in [-0.2, 0) is 5.41 Å². The lowest BCUT2D eigenvalue weighted by Gasteiger charge is -2.40. The molecule has 1 spiro atoms. The largest absolute Gasteiger partial charge is 0.310 e. The van der Waals surface area contributed by atoms with Crippen LogP contribution in [0.15, 0.2) is 267 Å². The lowest BCUT2D eigenvalue weighted by atomic mass is 9.61. The second-order valence-electron chi connectivity index (χ2n) is 19.1. The maximum atomic E-state index is 2.52. The summed E-state index contributed by atoms with van der Waals surface area (Å²) in [6.07, 6.45) is 0. The van der Waals surface area contributed by atoms with Crippen molar-refractivity contribution in [2.75, 3.05) is 4.90 Å². The molecular formula is C69H44N2. The lowest BCUT2D eigenvalue weighted by Crippen LogP contribution is -2.32. The number of hydrogen-bond donors (Lipinski definition) is 0. The van der Waals surface area contributed by atoms with E-state index in [1.165, 1.54) is 105 Å². The molecule has 0 bridgehead atoms. The van der Waals surface area contributed by atoms with E-state index in [0.717, 1.165) is 28.3 Å². The van der Waals surface area contributed by atoms with Crippen LogP contribution < -0.4 is 4.90 Å². The summed E-state index contributed by atoms with van der Waals surface area (Å²) in [5.74, 6) is 0. The Morgan fingerprint density at radius 3 is 1.70 bits per heavy atom. The summed E-state index contributed by atoms with van der Waals surface area (Å²) in [5, 5.41) is 7.61. The Hall–Kier alpha value is -9.24. The van der Waals surface area contributed by atoms with Gasteiger partial charge < -0.3 is 9.47 Å². The molecule has 13 aromatic rings. The average molecular weight is 901 g/mol. The number of hydrogen-bond acceptors (Lipinski definition) is 1. The van der Waals surface area contributed by atoms with Crippen LogP contribution in [-0.4, -0.2) is 4.57 Å². The van der Waals surface area contributed by atoms with Gasteiger partial charge in [0.1, 0.15) is 0 Å². The standard InChI is InChI=1S/C69H44N2/c1-3-18-45(19-4-1)48-23-13-27-52(42-48)70(53-28-14-24-49(43-53)50-39-41-64-58(44-50)55-30-10-12-36-63(55)71(64)51-25-5-2-6-26-51)65-37-17-35-61-68(65)56-31-9-11-33-59(56)69(61)60-34-16-22-47-21-15-32-57(66(47)60)67-54-29-8-7-20-46(54)38-40-62(67)69/h1-44H. The third-order valence-corrected chi connectivity index (χ3v) is 15.5. The van der Waals surface area contributed by atoms with Gasteiger partial charge >= 0.3 is 0 Å². The quantitative estimate of drug-likeness (QED) is 0.161. The molecule has 0 N–H and O–H groups in total. The molecule has 0 aliphatic heterocycles. The van der Waals surface area contributed by atoms with Crippen molar-refractivity contribution in [2.45, 2.75) is 5.41 Å². The van der Waals surface area contributed by atoms with Crippen LogP contribution in [0.2, 0.25) is 0 Å². The highest BCUT2D eigenvalue weighted by molar-refractivity contribution is 6.14. The minimum atomic E-state index is -0.580. The summed E-state index contributed by atoms with van der Waals surface area (Å²) in [4.78, 5) is 2.52. The van der Waals surface area contributed by atoms with Crippen molar-refractivity contribution in [2.24, 2.45) is 0 Å². The van der Waals surface area contributed by atoms with Crippen molar-refractivity contribution in [3.05, 3.63) is 289 Å². The first-order chi connectivity index (χ1) is 35.2. The molecule has 15 rings (SSSR count). The van der Waals surface area contributed by atoms with E-state index in [2.05, 4.69) is 276 Å². The second-order valence-corrected chi connectivity index (χ2v) is 19.1. The first-order valence-electron chi connectivity index (χ1n) is 24.7. The molecule has 2 aliphatic carbocycles. The first kappa shape index (κ1) is 39.7. The van der Waals surface area contributed by atoms with E-state index in [0.29, 0.717) is 0 Å². The Labute approximate surface area is 412 Å². The number of aromatic nitrogens is 1. The maximum absolute atomic E-state index is 2.52. The molecule has 330 valence electrons. The number of nitrogens with zero attached hydrogens (tertiary/aromatic N) is 2. The predicted octanol–water partition coefficient (Wildman–Crippen LogP) is 18.2. The van der Waals surface area contributed by atoms with Crippen molar-refractivity contribution in [1.82, 2.24) is 4.57 Å². The molecule has 0 saturated carbocycles. The molecule has 1 aromatic heterocycles. The molecule has 2 aliphatic rings. The second kappa shape index (κ2) is 15.4. The fourth-order valence-electron chi connectivity index (χ4n) is 12.7. The van der Waals surface area contributed by atoms with Gasteiger partial charge in [0.15, 0.2) is 0 Å². The summed E-state index contributed by atoms with van der Waals surface area (Å²) >= 11 is 0. The molecule has 12 aromatic carbocycles. The third kappa shape index (κ3) is 5.71. The molecular weight excluding hydrogens is 857 g/mol. The van der Waals surface area contributed by atoms with Gasteiger partial charge in [-0.15, -0.1) is 0 Å². The molecule has 71 heavy (non-hydrogen) atoms. The fourth-order valence-corrected chi connectivity index (χ4v) is 12.7. The van der Waals surface area contributed by atoms with Crippen molar-refractivity contribution < 1.29 is 0 Å². The van der Waals surface area contributed by atoms with E-state index in [1.807, 2.05) is 0 Å². The zero-order chi connectivity index (χ0) is 46.6. The molecule has 0 amide bonds. The number of anilines is 3. The Morgan fingerprint density at radius 1 is 0.310 bits per heavy atom. The first-order valence-corrected chi connectivity index (χ1v) is 24.7. The van der Waals surface area contributed by atoms with Gasteiger partial charge in [0.25, 0.3) is 0 Å². The van der Waals surface area contributed by atoms with Crippen LogP contribution in [0.4, 0.5) is 17.1 Å². The highest BCUT2D eigenvalue weighted by atomic mass is 15.1. The van der Waals surface area contributed by atoms with Crippen LogP contribution in [0.1, 0.15) is 22.3 Å². The van der Waals surface area contributed by atoms with Crippen LogP contribution in [0.5, 0.6) is 0 Å². The molecule has 1 heterocycles. The van der Waals surface area contributed by atoms with Crippen LogP contribution >= 0.6 is 0 Å². The van der Waals surface area contributed by atoms with E-state index in [-0.39, 0.29) is 0 Å². The zero-order valence-electron chi connectivity index (χ0n) is 38.8. The topological polar surface area (TPSA) is 8.17 Å². The molecule has 2 heteroatoms. The maximum Gasteiger partial charge on any atom is 0.0726 e. The van der Waals surface area contributed by atoms with Crippen molar-refractivity contribution in [1.29, 1.82) is 0 Å². The van der Waals surface area contributed by atoms with Crippen molar-refractivity contribution >= 4 is 60.4 Å². The number of para-hydroxylation sites is 2. The minimum Gasteiger partial charge on any atom is -0.310 e. The van der Waals surface area contributed by atoms with E-state index < -0.39 is 5.41 Å². The van der Waals surface area contributed by atoms with Crippen LogP contribution in [0.3, 0.4) is 0 Å². The van der Waals surface area contributed by atoms with Gasteiger partial charge in [0, 0.05) is 33.4 Å². The molecule has 0 radical (unpaired) electrons. The Balaban J connectivity index is 0.989. The smallest absolute Gasteiger partial charge is 0.0726 e. The number of fused-ring (bicyclic) bond motifs is 14. The molecule has 1 atom stereocenters. The summed E-state index contributed by atoms with van der Waals surface area (Å²) in [7, 11) is 0. The third-order valence-electron chi connectivity index (χ3n) is 15.5. The van der Waals surface area contributed by atoms with Crippen LogP contribution in [0, 0.1) is 0 Å². The highest BCUT2D eigenvalue weighted by Gasteiger charge is 2.51. The SMILES string of the molecule is c1ccc(-c2cccc(N(c3cccc(-c4ccc5c(c4)c4ccccc4n5-c4ccccc4)c3)c3cccc4c3-c3ccccc3C43c4ccc5ccccc5c4-c4cccc5cccc3c45)c2)cc1. The van der Waals surface area contributed by atoms with Crippen molar-refractivity contribution in [3.63, 3.8) is 0 Å². The molecule has 1 unspecified atom stereocenters. The van der Waals surface area contributed by atoms with E-state index in [1.54, 1.807) is 0 Å². The Kier molecular flexibility index (Phi) is 8.61. The van der Waals surface area contributed by atoms with E-state index in [4.69, 9.17) is 0 Å². The summed E-state index contributed by atoms with van der Waals surface area (Å²) in [6.45, 7) is 0. The zero-order valence-corrected chi connectivity index (χ0v) is 38.8. The summed E-state index contributed by atoms with van der Waals surface area (Å²) in [5.41, 5.74) is 21.4.